The molecule has 0 unspecified atom stereocenters. The van der Waals surface area contributed by atoms with Crippen LogP contribution in [0.25, 0.3) is 11.0 Å². The fourth-order valence-corrected chi connectivity index (χ4v) is 4.13. The summed E-state index contributed by atoms with van der Waals surface area (Å²) >= 11 is 0. The van der Waals surface area contributed by atoms with E-state index in [1.807, 2.05) is 24.3 Å². The number of hydrogen-bond donors (Lipinski definition) is 0. The molecule has 4 nitrogen and oxygen atoms in total. The standard InChI is InChI=1S/C24H21N3O/c1-14-9-10-21-18(13-14)22-24(28-21)27(20-8-6-5-7-19(20)25-26-22)23-16(3)11-15(2)12-17(23)4/h5-13H,1-4H3. The minimum absolute atomic E-state index is 0.712. The van der Waals surface area contributed by atoms with Crippen molar-refractivity contribution in [3.8, 4) is 0 Å². The van der Waals surface area contributed by atoms with Crippen LogP contribution in [0.4, 0.5) is 28.6 Å². The van der Waals surface area contributed by atoms with Crippen molar-refractivity contribution in [3.63, 3.8) is 0 Å². The highest BCUT2D eigenvalue weighted by atomic mass is 16.4. The molecule has 0 N–H and O–H groups in total. The molecule has 1 aliphatic rings. The van der Waals surface area contributed by atoms with Gasteiger partial charge in [-0.3, -0.25) is 4.90 Å². The first-order chi connectivity index (χ1) is 13.5. The zero-order valence-corrected chi connectivity index (χ0v) is 16.4. The maximum Gasteiger partial charge on any atom is 0.233 e. The first-order valence-corrected chi connectivity index (χ1v) is 9.45. The van der Waals surface area contributed by atoms with Crippen molar-refractivity contribution in [2.75, 3.05) is 4.90 Å². The van der Waals surface area contributed by atoms with E-state index < -0.39 is 0 Å². The smallest absolute Gasteiger partial charge is 0.233 e. The van der Waals surface area contributed by atoms with Crippen molar-refractivity contribution in [1.82, 2.24) is 0 Å². The van der Waals surface area contributed by atoms with Crippen LogP contribution in [-0.4, -0.2) is 0 Å². The molecule has 4 heteroatoms. The van der Waals surface area contributed by atoms with Crippen molar-refractivity contribution < 1.29 is 4.42 Å². The minimum Gasteiger partial charge on any atom is -0.437 e. The van der Waals surface area contributed by atoms with Gasteiger partial charge in [0, 0.05) is 0 Å². The van der Waals surface area contributed by atoms with Crippen LogP contribution in [0.1, 0.15) is 22.3 Å². The van der Waals surface area contributed by atoms with Crippen LogP contribution in [0.5, 0.6) is 0 Å². The lowest BCUT2D eigenvalue weighted by atomic mass is 10.0. The molecular formula is C24H21N3O. The first kappa shape index (κ1) is 16.8. The summed E-state index contributed by atoms with van der Waals surface area (Å²) in [5, 5.41) is 10.1. The third kappa shape index (κ3) is 2.45. The van der Waals surface area contributed by atoms with Crippen LogP contribution in [-0.2, 0) is 0 Å². The van der Waals surface area contributed by atoms with E-state index in [1.54, 1.807) is 0 Å². The van der Waals surface area contributed by atoms with Gasteiger partial charge in [-0.15, -0.1) is 10.2 Å². The molecule has 0 saturated heterocycles. The number of benzene rings is 3. The molecule has 0 fully saturated rings. The normalized spacial score (nSPS) is 12.8. The minimum atomic E-state index is 0.712. The van der Waals surface area contributed by atoms with Gasteiger partial charge in [0.15, 0.2) is 5.69 Å². The van der Waals surface area contributed by atoms with E-state index in [0.29, 0.717) is 5.88 Å². The molecule has 0 radical (unpaired) electrons. The number of aryl methyl sites for hydroxylation is 4. The summed E-state index contributed by atoms with van der Waals surface area (Å²) in [5.41, 5.74) is 9.30. The topological polar surface area (TPSA) is 41.1 Å². The highest BCUT2D eigenvalue weighted by molar-refractivity contribution is 6.01. The van der Waals surface area contributed by atoms with Crippen LogP contribution < -0.4 is 4.90 Å². The van der Waals surface area contributed by atoms with E-state index in [1.165, 1.54) is 22.3 Å². The van der Waals surface area contributed by atoms with Gasteiger partial charge in [0.05, 0.1) is 16.8 Å². The zero-order chi connectivity index (χ0) is 19.4. The van der Waals surface area contributed by atoms with Gasteiger partial charge in [0.2, 0.25) is 5.88 Å². The molecule has 1 aliphatic heterocycles. The van der Waals surface area contributed by atoms with Gasteiger partial charge in [-0.05, 0) is 63.1 Å². The second kappa shape index (κ2) is 6.06. The number of nitrogens with zero attached hydrogens (tertiary/aromatic N) is 3. The largest absolute Gasteiger partial charge is 0.437 e. The number of anilines is 3. The van der Waals surface area contributed by atoms with E-state index in [0.717, 1.165) is 33.7 Å². The summed E-state index contributed by atoms with van der Waals surface area (Å²) in [7, 11) is 0. The summed E-state index contributed by atoms with van der Waals surface area (Å²) in [6, 6.07) is 18.7. The predicted octanol–water partition coefficient (Wildman–Crippen LogP) is 7.87. The van der Waals surface area contributed by atoms with Crippen molar-refractivity contribution in [1.29, 1.82) is 0 Å². The molecule has 0 spiro atoms. The van der Waals surface area contributed by atoms with E-state index in [-0.39, 0.29) is 0 Å². The Hall–Kier alpha value is -3.40. The van der Waals surface area contributed by atoms with Gasteiger partial charge < -0.3 is 4.42 Å². The monoisotopic (exact) mass is 367 g/mol. The lowest BCUT2D eigenvalue weighted by Gasteiger charge is -2.26. The second-order valence-corrected chi connectivity index (χ2v) is 7.53. The number of furan rings is 1. The summed E-state index contributed by atoms with van der Waals surface area (Å²) in [6.07, 6.45) is 0. The van der Waals surface area contributed by atoms with E-state index in [4.69, 9.17) is 4.42 Å². The molecule has 1 aromatic heterocycles. The van der Waals surface area contributed by atoms with E-state index in [2.05, 4.69) is 73.2 Å². The van der Waals surface area contributed by atoms with Crippen LogP contribution >= 0.6 is 0 Å². The summed E-state index contributed by atoms with van der Waals surface area (Å²) in [6.45, 7) is 8.49. The number of azo groups is 1. The lowest BCUT2D eigenvalue weighted by molar-refractivity contribution is 0.621. The average Bonchev–Trinajstić information content (AvgIpc) is 2.92. The number of hydrogen-bond acceptors (Lipinski definition) is 4. The molecule has 2 heterocycles. The Morgan fingerprint density at radius 1 is 0.786 bits per heavy atom. The average molecular weight is 367 g/mol. The molecule has 5 rings (SSSR count). The Bertz CT molecular complexity index is 1240. The fourth-order valence-electron chi connectivity index (χ4n) is 4.13. The molecular weight excluding hydrogens is 346 g/mol. The third-order valence-corrected chi connectivity index (χ3v) is 5.24. The van der Waals surface area contributed by atoms with Crippen molar-refractivity contribution in [2.24, 2.45) is 10.2 Å². The Balaban J connectivity index is 1.89. The van der Waals surface area contributed by atoms with Gasteiger partial charge in [-0.1, -0.05) is 41.5 Å². The highest BCUT2D eigenvalue weighted by Crippen LogP contribution is 2.52. The van der Waals surface area contributed by atoms with Crippen LogP contribution in [0, 0.1) is 27.7 Å². The van der Waals surface area contributed by atoms with Crippen LogP contribution in [0.15, 0.2) is 69.2 Å². The molecule has 4 aromatic rings. The Kier molecular flexibility index (Phi) is 3.63. The molecule has 0 saturated carbocycles. The maximum absolute atomic E-state index is 6.36. The highest BCUT2D eigenvalue weighted by Gasteiger charge is 2.29. The Morgan fingerprint density at radius 2 is 1.54 bits per heavy atom. The van der Waals surface area contributed by atoms with Crippen molar-refractivity contribution >= 4 is 39.6 Å². The fraction of sp³-hybridized carbons (Fsp3) is 0.167. The van der Waals surface area contributed by atoms with E-state index >= 15 is 0 Å². The third-order valence-electron chi connectivity index (χ3n) is 5.24. The Morgan fingerprint density at radius 3 is 2.32 bits per heavy atom. The zero-order valence-electron chi connectivity index (χ0n) is 16.4. The molecule has 0 atom stereocenters. The maximum atomic E-state index is 6.36. The first-order valence-electron chi connectivity index (χ1n) is 9.45. The summed E-state index contributed by atoms with van der Waals surface area (Å²) in [5.74, 6) is 0.712. The van der Waals surface area contributed by atoms with Gasteiger partial charge in [-0.25, -0.2) is 0 Å². The predicted molar refractivity (Wildman–Crippen MR) is 114 cm³/mol. The van der Waals surface area contributed by atoms with Crippen LogP contribution in [0.2, 0.25) is 0 Å². The van der Waals surface area contributed by atoms with Gasteiger partial charge in [0.25, 0.3) is 0 Å². The van der Waals surface area contributed by atoms with Gasteiger partial charge >= 0.3 is 0 Å². The quantitative estimate of drug-likeness (QED) is 0.302. The molecule has 0 aliphatic carbocycles. The summed E-state index contributed by atoms with van der Waals surface area (Å²) < 4.78 is 6.36. The van der Waals surface area contributed by atoms with Gasteiger partial charge in [-0.2, -0.15) is 0 Å². The van der Waals surface area contributed by atoms with E-state index in [9.17, 15) is 0 Å². The van der Waals surface area contributed by atoms with Gasteiger partial charge in [0.1, 0.15) is 11.3 Å². The molecule has 138 valence electrons. The molecule has 0 bridgehead atoms. The molecule has 3 aromatic carbocycles. The Labute approximate surface area is 164 Å². The molecule has 0 amide bonds. The summed E-state index contributed by atoms with van der Waals surface area (Å²) in [4.78, 5) is 2.17. The number of fused-ring (bicyclic) bond motifs is 4. The lowest BCUT2D eigenvalue weighted by Crippen LogP contribution is -2.12. The van der Waals surface area contributed by atoms with Crippen molar-refractivity contribution in [3.05, 3.63) is 76.9 Å². The molecule has 28 heavy (non-hydrogen) atoms. The van der Waals surface area contributed by atoms with Crippen molar-refractivity contribution in [2.45, 2.75) is 27.7 Å². The second-order valence-electron chi connectivity index (χ2n) is 7.53. The van der Waals surface area contributed by atoms with Crippen LogP contribution in [0.3, 0.4) is 0 Å². The number of para-hydroxylation sites is 1. The number of rotatable bonds is 1. The SMILES string of the molecule is Cc1cc(C)c(N2c3ccccc3N=Nc3c2oc2ccc(C)cc32)c(C)c1.